The van der Waals surface area contributed by atoms with Gasteiger partial charge in [0.15, 0.2) is 8.32 Å². The molecule has 0 amide bonds. The molecule has 1 aliphatic carbocycles. The van der Waals surface area contributed by atoms with Crippen molar-refractivity contribution >= 4 is 19.4 Å². The number of aryl methyl sites for hydroxylation is 1. The van der Waals surface area contributed by atoms with Crippen LogP contribution in [0.3, 0.4) is 0 Å². The molecule has 4 nitrogen and oxygen atoms in total. The fraction of sp³-hybridized carbons (Fsp3) is 0.667. The Morgan fingerprint density at radius 3 is 2.46 bits per heavy atom. The molecule has 1 heterocycles. The molecule has 1 fully saturated rings. The number of hydrogen-bond acceptors (Lipinski definition) is 2. The van der Waals surface area contributed by atoms with Gasteiger partial charge in [0.25, 0.3) is 0 Å². The molecule has 2 aromatic rings. The summed E-state index contributed by atoms with van der Waals surface area (Å²) in [6.45, 7) is 12.5. The minimum absolute atomic E-state index is 0.0242. The predicted molar refractivity (Wildman–Crippen MR) is 111 cm³/mol. The lowest BCUT2D eigenvalue weighted by Crippen LogP contribution is -2.42. The fourth-order valence-corrected chi connectivity index (χ4v) is 4.93. The van der Waals surface area contributed by atoms with Crippen LogP contribution in [0.15, 0.2) is 23.0 Å². The van der Waals surface area contributed by atoms with E-state index in [1.165, 1.54) is 31.2 Å². The van der Waals surface area contributed by atoms with Crippen LogP contribution >= 0.6 is 0 Å². The van der Waals surface area contributed by atoms with E-state index >= 15 is 0 Å². The number of aromatic amines is 1. The third kappa shape index (κ3) is 3.69. The van der Waals surface area contributed by atoms with Crippen LogP contribution in [-0.4, -0.2) is 24.5 Å². The first-order valence-corrected chi connectivity index (χ1v) is 12.8. The fourth-order valence-electron chi connectivity index (χ4n) is 3.85. The number of hydrogen-bond donors (Lipinski definition) is 1. The lowest BCUT2D eigenvalue weighted by molar-refractivity contribution is 0.186. The lowest BCUT2D eigenvalue weighted by Gasteiger charge is -2.38. The summed E-state index contributed by atoms with van der Waals surface area (Å²) >= 11 is 0. The van der Waals surface area contributed by atoms with Crippen molar-refractivity contribution in [3.05, 3.63) is 34.2 Å². The van der Waals surface area contributed by atoms with Crippen LogP contribution in [0.4, 0.5) is 0 Å². The summed E-state index contributed by atoms with van der Waals surface area (Å²) in [7, 11) is 0.211. The van der Waals surface area contributed by atoms with Crippen molar-refractivity contribution in [2.45, 2.75) is 70.5 Å². The van der Waals surface area contributed by atoms with Gasteiger partial charge in [-0.2, -0.15) is 0 Å². The van der Waals surface area contributed by atoms with Gasteiger partial charge in [0.05, 0.1) is 11.0 Å². The number of rotatable bonds is 4. The van der Waals surface area contributed by atoms with E-state index in [2.05, 4.69) is 51.0 Å². The average molecular weight is 375 g/mol. The van der Waals surface area contributed by atoms with Gasteiger partial charge < -0.3 is 9.41 Å². The van der Waals surface area contributed by atoms with E-state index < -0.39 is 8.32 Å². The maximum absolute atomic E-state index is 12.0. The molecule has 0 saturated heterocycles. The van der Waals surface area contributed by atoms with E-state index in [9.17, 15) is 4.79 Å². The molecule has 0 spiro atoms. The molecule has 1 aliphatic rings. The normalized spacial score (nSPS) is 22.1. The van der Waals surface area contributed by atoms with E-state index in [1.54, 1.807) is 4.57 Å². The van der Waals surface area contributed by atoms with Crippen LogP contribution in [-0.2, 0) is 11.5 Å². The topological polar surface area (TPSA) is 47.0 Å². The van der Waals surface area contributed by atoms with E-state index in [4.69, 9.17) is 4.43 Å². The van der Waals surface area contributed by atoms with Gasteiger partial charge in [-0.1, -0.05) is 32.9 Å². The summed E-state index contributed by atoms with van der Waals surface area (Å²) in [5.74, 6) is 1.22. The van der Waals surface area contributed by atoms with Crippen LogP contribution in [0.25, 0.3) is 11.0 Å². The van der Waals surface area contributed by atoms with Gasteiger partial charge >= 0.3 is 5.69 Å². The van der Waals surface area contributed by atoms with E-state index in [0.717, 1.165) is 17.6 Å². The molecule has 1 aromatic carbocycles. The second-order valence-electron chi connectivity index (χ2n) is 9.52. The van der Waals surface area contributed by atoms with E-state index in [0.29, 0.717) is 11.8 Å². The third-order valence-corrected chi connectivity index (χ3v) is 11.2. The Morgan fingerprint density at radius 1 is 1.19 bits per heavy atom. The standard InChI is InChI=1S/C21H34N2O2Si/c1-21(2,3)26(5,6)25-14-15-10-12-16(13-11-15)17-8-7-9-18-19(17)23(4)20(24)22-18/h7-9,15-16H,10-14H2,1-6H3,(H,22,24). The molecule has 0 atom stereocenters. The molecule has 1 aromatic heterocycles. The summed E-state index contributed by atoms with van der Waals surface area (Å²) in [6.07, 6.45) is 4.80. The first-order valence-electron chi connectivity index (χ1n) is 9.92. The Labute approximate surface area is 158 Å². The second kappa shape index (κ2) is 7.00. The predicted octanol–water partition coefficient (Wildman–Crippen LogP) is 5.16. The lowest BCUT2D eigenvalue weighted by atomic mass is 9.78. The highest BCUT2D eigenvalue weighted by Crippen LogP contribution is 2.40. The van der Waals surface area contributed by atoms with Crippen LogP contribution < -0.4 is 5.69 Å². The number of H-pyrrole nitrogens is 1. The maximum Gasteiger partial charge on any atom is 0.326 e. The highest BCUT2D eigenvalue weighted by Gasteiger charge is 2.38. The smallest absolute Gasteiger partial charge is 0.326 e. The molecule has 144 valence electrons. The highest BCUT2D eigenvalue weighted by atomic mass is 28.4. The quantitative estimate of drug-likeness (QED) is 0.751. The Hall–Kier alpha value is -1.33. The van der Waals surface area contributed by atoms with Crippen LogP contribution in [0.5, 0.6) is 0 Å². The van der Waals surface area contributed by atoms with Gasteiger partial charge in [-0.15, -0.1) is 0 Å². The average Bonchev–Trinajstić information content (AvgIpc) is 2.87. The number of para-hydroxylation sites is 1. The van der Waals surface area contributed by atoms with Crippen molar-refractivity contribution in [1.29, 1.82) is 0 Å². The maximum atomic E-state index is 12.0. The Kier molecular flexibility index (Phi) is 5.23. The highest BCUT2D eigenvalue weighted by molar-refractivity contribution is 6.74. The second-order valence-corrected chi connectivity index (χ2v) is 14.3. The van der Waals surface area contributed by atoms with Crippen molar-refractivity contribution in [2.24, 2.45) is 13.0 Å². The zero-order chi connectivity index (χ0) is 19.1. The molecule has 0 bridgehead atoms. The Balaban J connectivity index is 1.66. The summed E-state index contributed by atoms with van der Waals surface area (Å²) < 4.78 is 8.22. The van der Waals surface area contributed by atoms with Crippen molar-refractivity contribution in [3.63, 3.8) is 0 Å². The SMILES string of the molecule is Cn1c(=O)[nH]c2cccc(C3CCC(CO[Si](C)(C)C(C)(C)C)CC3)c21. The first kappa shape index (κ1) is 19.4. The molecule has 0 aliphatic heterocycles. The molecule has 26 heavy (non-hydrogen) atoms. The largest absolute Gasteiger partial charge is 0.417 e. The van der Waals surface area contributed by atoms with Crippen molar-refractivity contribution in [1.82, 2.24) is 9.55 Å². The van der Waals surface area contributed by atoms with Crippen LogP contribution in [0.1, 0.15) is 57.9 Å². The number of benzene rings is 1. The summed E-state index contributed by atoms with van der Waals surface area (Å²) in [5.41, 5.74) is 3.34. The number of nitrogens with zero attached hydrogens (tertiary/aromatic N) is 1. The van der Waals surface area contributed by atoms with Crippen LogP contribution in [0.2, 0.25) is 18.1 Å². The molecular weight excluding hydrogens is 340 g/mol. The monoisotopic (exact) mass is 374 g/mol. The summed E-state index contributed by atoms with van der Waals surface area (Å²) in [6, 6.07) is 6.27. The van der Waals surface area contributed by atoms with Gasteiger partial charge in [0.2, 0.25) is 0 Å². The summed E-state index contributed by atoms with van der Waals surface area (Å²) in [5, 5.41) is 0.277. The first-order chi connectivity index (χ1) is 12.1. The number of imidazole rings is 1. The van der Waals surface area contributed by atoms with Crippen molar-refractivity contribution in [2.75, 3.05) is 6.61 Å². The molecule has 1 saturated carbocycles. The zero-order valence-electron chi connectivity index (χ0n) is 17.2. The van der Waals surface area contributed by atoms with Gasteiger partial charge in [-0.25, -0.2) is 4.79 Å². The number of aromatic nitrogens is 2. The minimum atomic E-state index is -1.65. The molecule has 3 rings (SSSR count). The summed E-state index contributed by atoms with van der Waals surface area (Å²) in [4.78, 5) is 14.9. The number of fused-ring (bicyclic) bond motifs is 1. The van der Waals surface area contributed by atoms with E-state index in [-0.39, 0.29) is 10.7 Å². The molecule has 1 N–H and O–H groups in total. The minimum Gasteiger partial charge on any atom is -0.417 e. The third-order valence-electron chi connectivity index (χ3n) is 6.72. The van der Waals surface area contributed by atoms with Gasteiger partial charge in [-0.05, 0) is 67.3 Å². The molecule has 0 unspecified atom stereocenters. The van der Waals surface area contributed by atoms with Gasteiger partial charge in [-0.3, -0.25) is 4.57 Å². The van der Waals surface area contributed by atoms with Gasteiger partial charge in [0, 0.05) is 13.7 Å². The molecule has 0 radical (unpaired) electrons. The van der Waals surface area contributed by atoms with Crippen molar-refractivity contribution < 1.29 is 4.43 Å². The Bertz CT molecular complexity index is 821. The Morgan fingerprint density at radius 2 is 1.85 bits per heavy atom. The van der Waals surface area contributed by atoms with Crippen molar-refractivity contribution in [3.8, 4) is 0 Å². The van der Waals surface area contributed by atoms with Gasteiger partial charge in [0.1, 0.15) is 0 Å². The van der Waals surface area contributed by atoms with E-state index in [1.807, 2.05) is 13.1 Å². The molecular formula is C21H34N2O2Si. The zero-order valence-corrected chi connectivity index (χ0v) is 18.2. The van der Waals surface area contributed by atoms with Crippen LogP contribution in [0, 0.1) is 5.92 Å². The molecule has 5 heteroatoms. The number of nitrogens with one attached hydrogen (secondary N) is 1.